The van der Waals surface area contributed by atoms with Crippen molar-refractivity contribution in [2.24, 2.45) is 0 Å². The van der Waals surface area contributed by atoms with E-state index in [0.29, 0.717) is 0 Å². The second-order valence-corrected chi connectivity index (χ2v) is 5.50. The Morgan fingerprint density at radius 2 is 2.07 bits per heavy atom. The van der Waals surface area contributed by atoms with Crippen LogP contribution in [0, 0.1) is 6.92 Å². The summed E-state index contributed by atoms with van der Waals surface area (Å²) < 4.78 is 2.42. The molecule has 2 heterocycles. The first-order valence-corrected chi connectivity index (χ1v) is 6.25. The number of aryl methyl sites for hydroxylation is 1. The molecule has 0 aliphatic carbocycles. The van der Waals surface area contributed by atoms with Crippen molar-refractivity contribution in [3.63, 3.8) is 0 Å². The first-order valence-electron chi connectivity index (χ1n) is 4.62. The first kappa shape index (κ1) is 9.06. The molecule has 3 aromatic rings. The lowest BCUT2D eigenvalue weighted by Gasteiger charge is -1.87. The number of thiazole rings is 2. The van der Waals surface area contributed by atoms with Crippen LogP contribution in [0.25, 0.3) is 20.4 Å². The maximum absolute atomic E-state index is 4.55. The number of hydrogen-bond acceptors (Lipinski definition) is 5. The summed E-state index contributed by atoms with van der Waals surface area (Å²) in [5.74, 6) is 0. The van der Waals surface area contributed by atoms with Crippen molar-refractivity contribution in [1.29, 1.82) is 0 Å². The molecular weight excluding hydrogens is 226 g/mol. The summed E-state index contributed by atoms with van der Waals surface area (Å²) >= 11 is 3.39. The summed E-state index contributed by atoms with van der Waals surface area (Å²) in [6.07, 6.45) is 0. The van der Waals surface area contributed by atoms with E-state index >= 15 is 0 Å². The van der Waals surface area contributed by atoms with Gasteiger partial charge in [-0.2, -0.15) is 0 Å². The van der Waals surface area contributed by atoms with Gasteiger partial charge in [-0.15, -0.1) is 11.3 Å². The van der Waals surface area contributed by atoms with Gasteiger partial charge in [0.25, 0.3) is 0 Å². The molecule has 5 heteroatoms. The van der Waals surface area contributed by atoms with Crippen LogP contribution in [0.15, 0.2) is 12.1 Å². The Bertz CT molecular complexity index is 638. The fourth-order valence-electron chi connectivity index (χ4n) is 1.59. The zero-order valence-electron chi connectivity index (χ0n) is 8.37. The van der Waals surface area contributed by atoms with Gasteiger partial charge < -0.3 is 5.32 Å². The molecule has 0 unspecified atom stereocenters. The monoisotopic (exact) mass is 235 g/mol. The van der Waals surface area contributed by atoms with E-state index in [0.717, 1.165) is 21.2 Å². The topological polar surface area (TPSA) is 37.8 Å². The summed E-state index contributed by atoms with van der Waals surface area (Å²) in [5, 5.41) is 5.13. The van der Waals surface area contributed by atoms with Crippen molar-refractivity contribution >= 4 is 48.2 Å². The van der Waals surface area contributed by atoms with Gasteiger partial charge in [-0.05, 0) is 19.1 Å². The molecule has 1 N–H and O–H groups in total. The highest BCUT2D eigenvalue weighted by Gasteiger charge is 2.09. The van der Waals surface area contributed by atoms with Crippen LogP contribution in [-0.4, -0.2) is 17.0 Å². The molecule has 0 aliphatic heterocycles. The average molecular weight is 235 g/mol. The van der Waals surface area contributed by atoms with Gasteiger partial charge in [0.2, 0.25) is 0 Å². The molecule has 3 rings (SSSR count). The van der Waals surface area contributed by atoms with Crippen LogP contribution >= 0.6 is 22.7 Å². The van der Waals surface area contributed by atoms with Gasteiger partial charge in [0.15, 0.2) is 5.13 Å². The lowest BCUT2D eigenvalue weighted by molar-refractivity contribution is 1.35. The van der Waals surface area contributed by atoms with E-state index in [1.165, 1.54) is 9.40 Å². The fourth-order valence-corrected chi connectivity index (χ4v) is 3.40. The van der Waals surface area contributed by atoms with Crippen LogP contribution in [-0.2, 0) is 0 Å². The maximum atomic E-state index is 4.55. The van der Waals surface area contributed by atoms with Gasteiger partial charge in [0.05, 0.1) is 19.9 Å². The minimum absolute atomic E-state index is 0.947. The molecule has 3 nitrogen and oxygen atoms in total. The lowest BCUT2D eigenvalue weighted by atomic mass is 10.3. The Labute approximate surface area is 94.8 Å². The van der Waals surface area contributed by atoms with Crippen molar-refractivity contribution in [3.8, 4) is 0 Å². The van der Waals surface area contributed by atoms with Gasteiger partial charge in [-0.1, -0.05) is 11.3 Å². The minimum atomic E-state index is 0.947. The van der Waals surface area contributed by atoms with E-state index in [4.69, 9.17) is 0 Å². The second kappa shape index (κ2) is 3.15. The Hall–Kier alpha value is -1.20. The summed E-state index contributed by atoms with van der Waals surface area (Å²) in [4.78, 5) is 9.01. The second-order valence-electron chi connectivity index (χ2n) is 3.26. The van der Waals surface area contributed by atoms with Crippen molar-refractivity contribution in [3.05, 3.63) is 17.1 Å². The van der Waals surface area contributed by atoms with Crippen molar-refractivity contribution in [1.82, 2.24) is 9.97 Å². The molecule has 0 spiro atoms. The zero-order valence-corrected chi connectivity index (χ0v) is 10.00. The van der Waals surface area contributed by atoms with Crippen molar-refractivity contribution in [2.75, 3.05) is 12.4 Å². The Morgan fingerprint density at radius 1 is 1.20 bits per heavy atom. The van der Waals surface area contributed by atoms with E-state index in [1.807, 2.05) is 14.0 Å². The molecule has 1 aromatic carbocycles. The third-order valence-corrected chi connectivity index (χ3v) is 4.27. The molecule has 0 amide bonds. The Kier molecular flexibility index (Phi) is 1.90. The Balaban J connectivity index is 2.46. The molecule has 2 aromatic heterocycles. The molecule has 0 aliphatic rings. The zero-order chi connectivity index (χ0) is 10.4. The van der Waals surface area contributed by atoms with Crippen LogP contribution < -0.4 is 5.32 Å². The standard InChI is InChI=1S/C10H9N3S2/c1-5-12-8-7(14-5)4-3-6-9(8)15-10(11-2)13-6/h3-4H,1-2H3,(H,11,13). The highest BCUT2D eigenvalue weighted by atomic mass is 32.1. The summed E-state index contributed by atoms with van der Waals surface area (Å²) in [6.45, 7) is 2.04. The van der Waals surface area contributed by atoms with Gasteiger partial charge in [-0.25, -0.2) is 9.97 Å². The molecule has 0 saturated heterocycles. The van der Waals surface area contributed by atoms with Gasteiger partial charge >= 0.3 is 0 Å². The highest BCUT2D eigenvalue weighted by molar-refractivity contribution is 7.24. The average Bonchev–Trinajstić information content (AvgIpc) is 2.78. The van der Waals surface area contributed by atoms with E-state index in [1.54, 1.807) is 22.7 Å². The summed E-state index contributed by atoms with van der Waals surface area (Å²) in [5.41, 5.74) is 2.12. The fraction of sp³-hybridized carbons (Fsp3) is 0.200. The number of aromatic nitrogens is 2. The van der Waals surface area contributed by atoms with Crippen LogP contribution in [0.4, 0.5) is 5.13 Å². The van der Waals surface area contributed by atoms with Crippen LogP contribution in [0.2, 0.25) is 0 Å². The quantitative estimate of drug-likeness (QED) is 0.703. The number of nitrogens with one attached hydrogen (secondary N) is 1. The number of hydrogen-bond donors (Lipinski definition) is 1. The Morgan fingerprint density at radius 3 is 2.87 bits per heavy atom. The predicted octanol–water partition coefficient (Wildman–Crippen LogP) is 3.26. The largest absolute Gasteiger partial charge is 0.365 e. The highest BCUT2D eigenvalue weighted by Crippen LogP contribution is 2.34. The molecule has 0 bridgehead atoms. The number of benzene rings is 1. The van der Waals surface area contributed by atoms with E-state index in [9.17, 15) is 0 Å². The van der Waals surface area contributed by atoms with Crippen LogP contribution in [0.3, 0.4) is 0 Å². The lowest BCUT2D eigenvalue weighted by Crippen LogP contribution is -1.83. The predicted molar refractivity (Wildman–Crippen MR) is 67.1 cm³/mol. The molecule has 15 heavy (non-hydrogen) atoms. The number of rotatable bonds is 1. The smallest absolute Gasteiger partial charge is 0.183 e. The summed E-state index contributed by atoms with van der Waals surface area (Å²) in [6, 6.07) is 4.16. The van der Waals surface area contributed by atoms with Crippen molar-refractivity contribution < 1.29 is 0 Å². The number of nitrogens with zero attached hydrogens (tertiary/aromatic N) is 2. The van der Waals surface area contributed by atoms with Crippen LogP contribution in [0.5, 0.6) is 0 Å². The third kappa shape index (κ3) is 1.31. The van der Waals surface area contributed by atoms with Crippen molar-refractivity contribution in [2.45, 2.75) is 6.92 Å². The van der Waals surface area contributed by atoms with E-state index < -0.39 is 0 Å². The number of anilines is 1. The molecule has 0 fully saturated rings. The molecule has 0 radical (unpaired) electrons. The van der Waals surface area contributed by atoms with Gasteiger partial charge in [0, 0.05) is 7.05 Å². The summed E-state index contributed by atoms with van der Waals surface area (Å²) in [7, 11) is 1.89. The first-order chi connectivity index (χ1) is 7.28. The number of fused-ring (bicyclic) bond motifs is 3. The molecule has 0 saturated carbocycles. The molecular formula is C10H9N3S2. The van der Waals surface area contributed by atoms with Gasteiger partial charge in [0.1, 0.15) is 5.52 Å². The molecule has 76 valence electrons. The minimum Gasteiger partial charge on any atom is -0.365 e. The molecule has 0 atom stereocenters. The third-order valence-electron chi connectivity index (χ3n) is 2.24. The van der Waals surface area contributed by atoms with Crippen LogP contribution in [0.1, 0.15) is 5.01 Å². The van der Waals surface area contributed by atoms with E-state index in [2.05, 4.69) is 27.4 Å². The normalized spacial score (nSPS) is 11.3. The SMILES string of the molecule is CNc1nc2ccc3sc(C)nc3c2s1. The van der Waals surface area contributed by atoms with E-state index in [-0.39, 0.29) is 0 Å². The maximum Gasteiger partial charge on any atom is 0.183 e. The van der Waals surface area contributed by atoms with Gasteiger partial charge in [-0.3, -0.25) is 0 Å².